The Labute approximate surface area is 314 Å². The standard InChI is InChI=1S/C39H61N5O7S/c1-12-25(6)34(42-36(47)32(43(9)10)18-23(2)3)38(48)44(11)31(24(4)5)21-33(51-27(8)45)37-41-30(22-52-37)35(46)40-29(19-26(7)39(49)50)20-28-16-14-13-15-17-28/h13-17,22-26,29,31-34H,12,18-21H2,1-11H3,(H,40,46)(H,42,47)(H,49,50)/t25-,26-,29+,31+,32+,33+,34-/m0/s1. The number of carbonyl (C=O) groups excluding carboxylic acids is 4. The summed E-state index contributed by atoms with van der Waals surface area (Å²) in [6, 6.07) is 7.51. The fourth-order valence-corrected chi connectivity index (χ4v) is 7.07. The molecule has 2 aromatic rings. The van der Waals surface area contributed by atoms with Crippen molar-refractivity contribution < 1.29 is 33.8 Å². The van der Waals surface area contributed by atoms with Gasteiger partial charge in [0, 0.05) is 37.9 Å². The van der Waals surface area contributed by atoms with Gasteiger partial charge in [0.2, 0.25) is 11.8 Å². The lowest BCUT2D eigenvalue weighted by Crippen LogP contribution is -2.57. The molecule has 2 rings (SSSR count). The molecule has 290 valence electrons. The Morgan fingerprint density at radius 2 is 1.56 bits per heavy atom. The van der Waals surface area contributed by atoms with Gasteiger partial charge in [-0.25, -0.2) is 4.98 Å². The van der Waals surface area contributed by atoms with Gasteiger partial charge in [0.1, 0.15) is 16.7 Å². The Balaban J connectivity index is 2.34. The number of thiazole rings is 1. The second kappa shape index (κ2) is 21.0. The summed E-state index contributed by atoms with van der Waals surface area (Å²) in [5.41, 5.74) is 1.08. The van der Waals surface area contributed by atoms with Crippen LogP contribution in [-0.4, -0.2) is 94.9 Å². The van der Waals surface area contributed by atoms with E-state index in [4.69, 9.17) is 4.74 Å². The molecule has 0 aliphatic rings. The van der Waals surface area contributed by atoms with Crippen molar-refractivity contribution in [3.63, 3.8) is 0 Å². The maximum atomic E-state index is 14.2. The first-order chi connectivity index (χ1) is 24.4. The number of nitrogens with one attached hydrogen (secondary N) is 2. The number of hydrogen-bond acceptors (Lipinski definition) is 9. The number of rotatable bonds is 21. The van der Waals surface area contributed by atoms with Crippen LogP contribution >= 0.6 is 11.3 Å². The van der Waals surface area contributed by atoms with Gasteiger partial charge in [-0.05, 0) is 56.7 Å². The molecule has 3 N–H and O–H groups in total. The fraction of sp³-hybridized carbons (Fsp3) is 0.641. The molecule has 0 radical (unpaired) electrons. The van der Waals surface area contributed by atoms with Crippen LogP contribution in [0.5, 0.6) is 0 Å². The number of carboxylic acids is 1. The molecule has 0 aliphatic heterocycles. The summed E-state index contributed by atoms with van der Waals surface area (Å²) in [6.45, 7) is 14.9. The van der Waals surface area contributed by atoms with Gasteiger partial charge in [-0.2, -0.15) is 0 Å². The van der Waals surface area contributed by atoms with Crippen LogP contribution in [0.15, 0.2) is 35.7 Å². The van der Waals surface area contributed by atoms with Crippen molar-refractivity contribution in [1.29, 1.82) is 0 Å². The number of aliphatic carboxylic acids is 1. The summed E-state index contributed by atoms with van der Waals surface area (Å²) in [7, 11) is 5.43. The first-order valence-electron chi connectivity index (χ1n) is 18.3. The highest BCUT2D eigenvalue weighted by Gasteiger charge is 2.37. The van der Waals surface area contributed by atoms with E-state index < -0.39 is 48.0 Å². The number of hydrogen-bond donors (Lipinski definition) is 3. The normalized spacial score (nSPS) is 15.7. The summed E-state index contributed by atoms with van der Waals surface area (Å²) in [4.78, 5) is 73.3. The molecule has 52 heavy (non-hydrogen) atoms. The highest BCUT2D eigenvalue weighted by Crippen LogP contribution is 2.31. The number of esters is 1. The van der Waals surface area contributed by atoms with Crippen molar-refractivity contribution in [2.45, 2.75) is 118 Å². The second-order valence-corrected chi connectivity index (χ2v) is 15.9. The Morgan fingerprint density at radius 1 is 0.923 bits per heavy atom. The van der Waals surface area contributed by atoms with Crippen molar-refractivity contribution >= 4 is 41.0 Å². The SMILES string of the molecule is CC[C@H](C)[C@H](NC(=O)[C@@H](CC(C)C)N(C)C)C(=O)N(C)[C@H](C[C@@H](OC(C)=O)c1nc(C(=O)N[C@@H](Cc2ccccc2)C[C@H](C)C(=O)O)cs1)C(C)C. The van der Waals surface area contributed by atoms with Gasteiger partial charge in [-0.15, -0.1) is 11.3 Å². The monoisotopic (exact) mass is 743 g/mol. The lowest BCUT2D eigenvalue weighted by molar-refractivity contribution is -0.149. The molecule has 7 atom stereocenters. The Kier molecular flexibility index (Phi) is 17.9. The maximum absolute atomic E-state index is 14.2. The van der Waals surface area contributed by atoms with Gasteiger partial charge in [-0.3, -0.25) is 28.9 Å². The highest BCUT2D eigenvalue weighted by molar-refractivity contribution is 7.09. The van der Waals surface area contributed by atoms with Crippen LogP contribution in [0.3, 0.4) is 0 Å². The van der Waals surface area contributed by atoms with E-state index >= 15 is 0 Å². The van der Waals surface area contributed by atoms with E-state index in [0.29, 0.717) is 24.3 Å². The molecule has 1 heterocycles. The molecule has 1 aromatic carbocycles. The zero-order valence-electron chi connectivity index (χ0n) is 32.8. The Morgan fingerprint density at radius 3 is 2.08 bits per heavy atom. The number of carbonyl (C=O) groups is 5. The van der Waals surface area contributed by atoms with E-state index in [0.717, 1.165) is 5.56 Å². The quantitative estimate of drug-likeness (QED) is 0.139. The van der Waals surface area contributed by atoms with Crippen LogP contribution in [0.4, 0.5) is 0 Å². The molecule has 1 aromatic heterocycles. The predicted molar refractivity (Wildman–Crippen MR) is 204 cm³/mol. The van der Waals surface area contributed by atoms with Crippen LogP contribution in [-0.2, 0) is 30.3 Å². The van der Waals surface area contributed by atoms with Crippen molar-refractivity contribution in [3.05, 3.63) is 52.0 Å². The molecule has 0 spiro atoms. The van der Waals surface area contributed by atoms with Gasteiger partial charge in [0.25, 0.3) is 5.91 Å². The fourth-order valence-electron chi connectivity index (χ4n) is 6.23. The van der Waals surface area contributed by atoms with E-state index in [-0.39, 0.29) is 54.1 Å². The van der Waals surface area contributed by atoms with Crippen molar-refractivity contribution in [2.75, 3.05) is 21.1 Å². The second-order valence-electron chi connectivity index (χ2n) is 15.0. The molecule has 0 saturated heterocycles. The molecular formula is C39H61N5O7S. The lowest BCUT2D eigenvalue weighted by atomic mass is 9.92. The summed E-state index contributed by atoms with van der Waals surface area (Å²) >= 11 is 1.18. The molecule has 0 saturated carbocycles. The van der Waals surface area contributed by atoms with E-state index in [1.54, 1.807) is 24.3 Å². The number of amides is 3. The van der Waals surface area contributed by atoms with Gasteiger partial charge >= 0.3 is 11.9 Å². The number of nitrogens with zero attached hydrogens (tertiary/aromatic N) is 3. The number of aromatic nitrogens is 1. The van der Waals surface area contributed by atoms with E-state index in [1.165, 1.54) is 18.3 Å². The van der Waals surface area contributed by atoms with E-state index in [2.05, 4.69) is 29.5 Å². The van der Waals surface area contributed by atoms with Crippen LogP contribution in [0, 0.1) is 23.7 Å². The maximum Gasteiger partial charge on any atom is 0.306 e. The van der Waals surface area contributed by atoms with Crippen LogP contribution in [0.2, 0.25) is 0 Å². The zero-order valence-corrected chi connectivity index (χ0v) is 33.7. The minimum absolute atomic E-state index is 0.0616. The van der Waals surface area contributed by atoms with Gasteiger partial charge in [0.15, 0.2) is 6.10 Å². The van der Waals surface area contributed by atoms with Crippen molar-refractivity contribution in [1.82, 2.24) is 25.4 Å². The summed E-state index contributed by atoms with van der Waals surface area (Å²) < 4.78 is 5.77. The molecule has 0 aliphatic carbocycles. The minimum atomic E-state index is -0.947. The Bertz CT molecular complexity index is 1460. The lowest BCUT2D eigenvalue weighted by Gasteiger charge is -2.37. The third-order valence-corrected chi connectivity index (χ3v) is 10.5. The zero-order chi connectivity index (χ0) is 39.3. The smallest absolute Gasteiger partial charge is 0.306 e. The summed E-state index contributed by atoms with van der Waals surface area (Å²) in [5.74, 6) is -2.95. The largest absolute Gasteiger partial charge is 0.481 e. The third-order valence-electron chi connectivity index (χ3n) is 9.53. The number of likely N-dealkylation sites (N-methyl/N-ethyl adjacent to an activating group) is 2. The molecule has 0 fully saturated rings. The first kappa shape index (κ1) is 44.3. The molecule has 13 heteroatoms. The molecule has 12 nitrogen and oxygen atoms in total. The third kappa shape index (κ3) is 13.6. The first-order valence-corrected chi connectivity index (χ1v) is 19.2. The average Bonchev–Trinajstić information content (AvgIpc) is 3.57. The van der Waals surface area contributed by atoms with Crippen molar-refractivity contribution in [2.24, 2.45) is 23.7 Å². The molecule has 0 bridgehead atoms. The van der Waals surface area contributed by atoms with Gasteiger partial charge < -0.3 is 25.4 Å². The molecule has 3 amide bonds. The summed E-state index contributed by atoms with van der Waals surface area (Å²) in [6.07, 6.45) is 1.37. The van der Waals surface area contributed by atoms with Crippen LogP contribution < -0.4 is 10.6 Å². The summed E-state index contributed by atoms with van der Waals surface area (Å²) in [5, 5.41) is 17.6. The van der Waals surface area contributed by atoms with Crippen molar-refractivity contribution in [3.8, 4) is 0 Å². The van der Waals surface area contributed by atoms with Crippen LogP contribution in [0.25, 0.3) is 0 Å². The number of ether oxygens (including phenoxy) is 1. The minimum Gasteiger partial charge on any atom is -0.481 e. The van der Waals surface area contributed by atoms with E-state index in [9.17, 15) is 29.1 Å². The molecular weight excluding hydrogens is 683 g/mol. The molecule has 0 unspecified atom stereocenters. The van der Waals surface area contributed by atoms with Gasteiger partial charge in [-0.1, -0.05) is 85.2 Å². The topological polar surface area (TPSA) is 158 Å². The number of benzene rings is 1. The van der Waals surface area contributed by atoms with E-state index in [1.807, 2.05) is 77.0 Å². The van der Waals surface area contributed by atoms with Crippen LogP contribution in [0.1, 0.15) is 108 Å². The number of carboxylic acid groups (broad SMARTS) is 1. The Hall–Kier alpha value is -3.84. The average molecular weight is 744 g/mol. The van der Waals surface area contributed by atoms with Gasteiger partial charge in [0.05, 0.1) is 12.0 Å². The predicted octanol–water partition coefficient (Wildman–Crippen LogP) is 5.58. The highest BCUT2D eigenvalue weighted by atomic mass is 32.1.